The maximum Gasteiger partial charge on any atom is 0.105 e. The summed E-state index contributed by atoms with van der Waals surface area (Å²) < 4.78 is 5.36. The monoisotopic (exact) mass is 245 g/mol. The quantitative estimate of drug-likeness (QED) is 0.903. The molecule has 0 fully saturated rings. The lowest BCUT2D eigenvalue weighted by Gasteiger charge is -2.18. The Morgan fingerprint density at radius 2 is 2.18 bits per heavy atom. The van der Waals surface area contributed by atoms with Crippen molar-refractivity contribution in [2.75, 3.05) is 5.75 Å². The standard InChI is InChI=1S/C14H15NOS/c15-13(8-10-4-3-7-16-10)12-9-17-14-6-2-1-5-11(12)14/h1-7,12-13H,8-9,15H2. The normalized spacial score (nSPS) is 20.2. The van der Waals surface area contributed by atoms with Gasteiger partial charge in [0.25, 0.3) is 0 Å². The van der Waals surface area contributed by atoms with Crippen LogP contribution in [0.5, 0.6) is 0 Å². The van der Waals surface area contributed by atoms with Gasteiger partial charge in [0.1, 0.15) is 5.76 Å². The third-order valence-corrected chi connectivity index (χ3v) is 4.48. The van der Waals surface area contributed by atoms with E-state index in [2.05, 4.69) is 24.3 Å². The van der Waals surface area contributed by atoms with Crippen molar-refractivity contribution in [1.82, 2.24) is 0 Å². The Labute approximate surface area is 105 Å². The van der Waals surface area contributed by atoms with Crippen LogP contribution < -0.4 is 5.73 Å². The van der Waals surface area contributed by atoms with Crippen molar-refractivity contribution in [2.45, 2.75) is 23.3 Å². The molecule has 1 aliphatic rings. The fourth-order valence-electron chi connectivity index (χ4n) is 2.35. The summed E-state index contributed by atoms with van der Waals surface area (Å²) in [5.74, 6) is 2.51. The summed E-state index contributed by atoms with van der Waals surface area (Å²) in [7, 11) is 0. The van der Waals surface area contributed by atoms with E-state index in [0.29, 0.717) is 5.92 Å². The molecule has 3 heteroatoms. The first-order valence-corrected chi connectivity index (χ1v) is 6.83. The summed E-state index contributed by atoms with van der Waals surface area (Å²) in [6.07, 6.45) is 2.52. The summed E-state index contributed by atoms with van der Waals surface area (Å²) in [5.41, 5.74) is 7.71. The Morgan fingerprint density at radius 3 is 3.00 bits per heavy atom. The van der Waals surface area contributed by atoms with Gasteiger partial charge >= 0.3 is 0 Å². The molecule has 0 saturated heterocycles. The van der Waals surface area contributed by atoms with Gasteiger partial charge in [0.15, 0.2) is 0 Å². The topological polar surface area (TPSA) is 39.2 Å². The highest BCUT2D eigenvalue weighted by atomic mass is 32.2. The van der Waals surface area contributed by atoms with Crippen LogP contribution >= 0.6 is 11.8 Å². The number of fused-ring (bicyclic) bond motifs is 1. The van der Waals surface area contributed by atoms with E-state index in [1.807, 2.05) is 23.9 Å². The minimum atomic E-state index is 0.136. The molecule has 2 nitrogen and oxygen atoms in total. The Kier molecular flexibility index (Phi) is 2.95. The molecule has 0 aliphatic carbocycles. The van der Waals surface area contributed by atoms with Crippen molar-refractivity contribution in [3.05, 3.63) is 54.0 Å². The number of benzene rings is 1. The van der Waals surface area contributed by atoms with Crippen molar-refractivity contribution in [2.24, 2.45) is 5.73 Å². The molecule has 0 saturated carbocycles. The van der Waals surface area contributed by atoms with Crippen LogP contribution in [0.25, 0.3) is 0 Å². The van der Waals surface area contributed by atoms with E-state index >= 15 is 0 Å². The lowest BCUT2D eigenvalue weighted by Crippen LogP contribution is -2.30. The lowest BCUT2D eigenvalue weighted by atomic mass is 9.91. The van der Waals surface area contributed by atoms with Gasteiger partial charge in [0.05, 0.1) is 6.26 Å². The maximum absolute atomic E-state index is 6.31. The third-order valence-electron chi connectivity index (χ3n) is 3.27. The van der Waals surface area contributed by atoms with Crippen LogP contribution in [0.4, 0.5) is 0 Å². The molecule has 2 N–H and O–H groups in total. The molecular formula is C14H15NOS. The molecule has 2 aromatic rings. The Balaban J connectivity index is 1.78. The summed E-state index contributed by atoms with van der Waals surface area (Å²) in [4.78, 5) is 1.38. The minimum absolute atomic E-state index is 0.136. The van der Waals surface area contributed by atoms with E-state index < -0.39 is 0 Å². The molecule has 0 spiro atoms. The number of rotatable bonds is 3. The first-order chi connectivity index (χ1) is 8.34. The van der Waals surface area contributed by atoms with E-state index in [-0.39, 0.29) is 6.04 Å². The molecular weight excluding hydrogens is 230 g/mol. The van der Waals surface area contributed by atoms with Crippen molar-refractivity contribution in [3.8, 4) is 0 Å². The van der Waals surface area contributed by atoms with Crippen molar-refractivity contribution in [3.63, 3.8) is 0 Å². The minimum Gasteiger partial charge on any atom is -0.469 e. The van der Waals surface area contributed by atoms with Gasteiger partial charge in [-0.25, -0.2) is 0 Å². The van der Waals surface area contributed by atoms with E-state index in [4.69, 9.17) is 10.2 Å². The highest BCUT2D eigenvalue weighted by Crippen LogP contribution is 2.41. The first-order valence-electron chi connectivity index (χ1n) is 5.84. The molecule has 1 aromatic carbocycles. The Bertz CT molecular complexity index is 495. The van der Waals surface area contributed by atoms with E-state index in [1.165, 1.54) is 10.5 Å². The van der Waals surface area contributed by atoms with E-state index in [1.54, 1.807) is 6.26 Å². The van der Waals surface area contributed by atoms with Gasteiger partial charge in [-0.05, 0) is 23.8 Å². The average Bonchev–Trinajstić information content (AvgIpc) is 2.96. The average molecular weight is 245 g/mol. The largest absolute Gasteiger partial charge is 0.469 e. The molecule has 1 aromatic heterocycles. The zero-order chi connectivity index (χ0) is 11.7. The van der Waals surface area contributed by atoms with Gasteiger partial charge in [0, 0.05) is 29.0 Å². The molecule has 2 atom stereocenters. The number of furan rings is 1. The van der Waals surface area contributed by atoms with Gasteiger partial charge in [-0.2, -0.15) is 0 Å². The first kappa shape index (κ1) is 10.9. The molecule has 1 aliphatic heterocycles. The summed E-state index contributed by atoms with van der Waals surface area (Å²) in [5, 5.41) is 0. The van der Waals surface area contributed by atoms with Crippen molar-refractivity contribution in [1.29, 1.82) is 0 Å². The van der Waals surface area contributed by atoms with Crippen LogP contribution in [-0.2, 0) is 6.42 Å². The van der Waals surface area contributed by atoms with Gasteiger partial charge in [-0.1, -0.05) is 18.2 Å². The molecule has 0 amide bonds. The molecule has 0 radical (unpaired) electrons. The zero-order valence-corrected chi connectivity index (χ0v) is 10.3. The molecule has 88 valence electrons. The second-order valence-corrected chi connectivity index (χ2v) is 5.46. The van der Waals surface area contributed by atoms with E-state index in [0.717, 1.165) is 17.9 Å². The maximum atomic E-state index is 6.31. The molecule has 2 heterocycles. The molecule has 17 heavy (non-hydrogen) atoms. The van der Waals surface area contributed by atoms with Gasteiger partial charge in [-0.3, -0.25) is 0 Å². The number of thioether (sulfide) groups is 1. The van der Waals surface area contributed by atoms with Crippen LogP contribution in [0.1, 0.15) is 17.2 Å². The SMILES string of the molecule is NC(Cc1ccco1)C1CSc2ccccc21. The predicted molar refractivity (Wildman–Crippen MR) is 70.3 cm³/mol. The second kappa shape index (κ2) is 4.59. The van der Waals surface area contributed by atoms with Crippen LogP contribution in [0.3, 0.4) is 0 Å². The fraction of sp³-hybridized carbons (Fsp3) is 0.286. The summed E-state index contributed by atoms with van der Waals surface area (Å²) >= 11 is 1.91. The van der Waals surface area contributed by atoms with Crippen molar-refractivity contribution >= 4 is 11.8 Å². The van der Waals surface area contributed by atoms with Gasteiger partial charge < -0.3 is 10.2 Å². The smallest absolute Gasteiger partial charge is 0.105 e. The predicted octanol–water partition coefficient (Wildman–Crippen LogP) is 3.04. The highest BCUT2D eigenvalue weighted by Gasteiger charge is 2.28. The summed E-state index contributed by atoms with van der Waals surface area (Å²) in [6.45, 7) is 0. The number of hydrogen-bond acceptors (Lipinski definition) is 3. The lowest BCUT2D eigenvalue weighted by molar-refractivity contribution is 0.463. The van der Waals surface area contributed by atoms with Gasteiger partial charge in [-0.15, -0.1) is 11.8 Å². The van der Waals surface area contributed by atoms with Crippen LogP contribution in [0.15, 0.2) is 52.0 Å². The van der Waals surface area contributed by atoms with Crippen LogP contribution in [0.2, 0.25) is 0 Å². The third kappa shape index (κ3) is 2.13. The number of hydrogen-bond donors (Lipinski definition) is 1. The highest BCUT2D eigenvalue weighted by molar-refractivity contribution is 7.99. The van der Waals surface area contributed by atoms with Crippen LogP contribution in [-0.4, -0.2) is 11.8 Å². The second-order valence-electron chi connectivity index (χ2n) is 4.40. The van der Waals surface area contributed by atoms with Gasteiger partial charge in [0.2, 0.25) is 0 Å². The zero-order valence-electron chi connectivity index (χ0n) is 9.50. The molecule has 0 bridgehead atoms. The van der Waals surface area contributed by atoms with Crippen LogP contribution in [0, 0.1) is 0 Å². The number of nitrogens with two attached hydrogens (primary N) is 1. The van der Waals surface area contributed by atoms with E-state index in [9.17, 15) is 0 Å². The summed E-state index contributed by atoms with van der Waals surface area (Å²) in [6, 6.07) is 12.6. The molecule has 2 unspecified atom stereocenters. The fourth-order valence-corrected chi connectivity index (χ4v) is 3.69. The Hall–Kier alpha value is -1.19. The Morgan fingerprint density at radius 1 is 1.29 bits per heavy atom. The van der Waals surface area contributed by atoms with Crippen molar-refractivity contribution < 1.29 is 4.42 Å². The molecule has 3 rings (SSSR count).